The van der Waals surface area contributed by atoms with Crippen LogP contribution in [-0.4, -0.2) is 45.8 Å². The molecule has 2 aromatic rings. The molecule has 1 aromatic heterocycles. The minimum Gasteiger partial charge on any atom is -0.492 e. The van der Waals surface area contributed by atoms with Crippen LogP contribution in [0, 0.1) is 6.92 Å². The monoisotopic (exact) mass is 288 g/mol. The summed E-state index contributed by atoms with van der Waals surface area (Å²) in [6.07, 6.45) is 3.47. The standard InChI is InChI=1S/C15H20N4O2/c1-13-4-3-5-14(10-13)21-9-8-18(2)15(20)6-7-19-12-16-11-17-19/h3-5,10-12H,6-9H2,1-2H3. The second-order valence-corrected chi connectivity index (χ2v) is 4.89. The number of rotatable bonds is 7. The largest absolute Gasteiger partial charge is 0.492 e. The number of aromatic nitrogens is 3. The van der Waals surface area contributed by atoms with Gasteiger partial charge in [-0.2, -0.15) is 5.10 Å². The first-order valence-electron chi connectivity index (χ1n) is 6.91. The van der Waals surface area contributed by atoms with Crippen molar-refractivity contribution < 1.29 is 9.53 Å². The van der Waals surface area contributed by atoms with Crippen LogP contribution >= 0.6 is 0 Å². The first kappa shape index (κ1) is 15.0. The minimum absolute atomic E-state index is 0.0679. The van der Waals surface area contributed by atoms with E-state index in [0.29, 0.717) is 26.1 Å². The fraction of sp³-hybridized carbons (Fsp3) is 0.400. The Hall–Kier alpha value is -2.37. The van der Waals surface area contributed by atoms with Crippen LogP contribution in [0.3, 0.4) is 0 Å². The molecule has 2 rings (SSSR count). The van der Waals surface area contributed by atoms with Gasteiger partial charge in [0, 0.05) is 13.5 Å². The molecular formula is C15H20N4O2. The molecule has 0 radical (unpaired) electrons. The maximum Gasteiger partial charge on any atom is 0.224 e. The Kier molecular flexibility index (Phi) is 5.31. The van der Waals surface area contributed by atoms with E-state index < -0.39 is 0 Å². The summed E-state index contributed by atoms with van der Waals surface area (Å²) in [7, 11) is 1.78. The molecule has 0 aliphatic carbocycles. The van der Waals surface area contributed by atoms with Crippen molar-refractivity contribution in [1.29, 1.82) is 0 Å². The predicted octanol–water partition coefficient (Wildman–Crippen LogP) is 1.51. The molecule has 0 aliphatic heterocycles. The molecule has 0 aliphatic rings. The molecule has 0 spiro atoms. The molecule has 1 amide bonds. The highest BCUT2D eigenvalue weighted by molar-refractivity contribution is 5.75. The van der Waals surface area contributed by atoms with Crippen molar-refractivity contribution >= 4 is 5.91 Å². The first-order valence-corrected chi connectivity index (χ1v) is 6.91. The van der Waals surface area contributed by atoms with E-state index in [-0.39, 0.29) is 5.91 Å². The van der Waals surface area contributed by atoms with Crippen LogP contribution in [0.1, 0.15) is 12.0 Å². The van der Waals surface area contributed by atoms with Crippen LogP contribution in [0.5, 0.6) is 5.75 Å². The zero-order valence-electron chi connectivity index (χ0n) is 12.4. The molecule has 0 unspecified atom stereocenters. The summed E-state index contributed by atoms with van der Waals surface area (Å²) in [5, 5.41) is 3.97. The lowest BCUT2D eigenvalue weighted by atomic mass is 10.2. The summed E-state index contributed by atoms with van der Waals surface area (Å²) < 4.78 is 7.28. The smallest absolute Gasteiger partial charge is 0.224 e. The molecule has 0 saturated carbocycles. The zero-order chi connectivity index (χ0) is 15.1. The van der Waals surface area contributed by atoms with Crippen molar-refractivity contribution in [2.45, 2.75) is 19.9 Å². The van der Waals surface area contributed by atoms with E-state index in [1.54, 1.807) is 23.0 Å². The molecule has 0 bridgehead atoms. The Balaban J connectivity index is 1.68. The second-order valence-electron chi connectivity index (χ2n) is 4.89. The maximum absolute atomic E-state index is 11.9. The van der Waals surface area contributed by atoms with Crippen LogP contribution in [0.25, 0.3) is 0 Å². The van der Waals surface area contributed by atoms with Gasteiger partial charge in [-0.25, -0.2) is 4.98 Å². The molecule has 112 valence electrons. The average Bonchev–Trinajstić information content (AvgIpc) is 2.98. The fourth-order valence-electron chi connectivity index (χ4n) is 1.88. The summed E-state index contributed by atoms with van der Waals surface area (Å²) in [5.41, 5.74) is 1.16. The van der Waals surface area contributed by atoms with Crippen molar-refractivity contribution in [1.82, 2.24) is 19.7 Å². The Labute approximate surface area is 124 Å². The lowest BCUT2D eigenvalue weighted by molar-refractivity contribution is -0.130. The van der Waals surface area contributed by atoms with Crippen LogP contribution < -0.4 is 4.74 Å². The number of ether oxygens (including phenoxy) is 1. The zero-order valence-corrected chi connectivity index (χ0v) is 12.4. The number of amides is 1. The van der Waals surface area contributed by atoms with E-state index in [4.69, 9.17) is 4.74 Å². The number of hydrogen-bond acceptors (Lipinski definition) is 4. The van der Waals surface area contributed by atoms with Crippen molar-refractivity contribution in [3.8, 4) is 5.75 Å². The minimum atomic E-state index is 0.0679. The number of nitrogens with zero attached hydrogens (tertiary/aromatic N) is 4. The molecule has 0 saturated heterocycles. The molecule has 0 fully saturated rings. The first-order chi connectivity index (χ1) is 10.1. The normalized spacial score (nSPS) is 10.4. The van der Waals surface area contributed by atoms with Crippen LogP contribution in [-0.2, 0) is 11.3 Å². The highest BCUT2D eigenvalue weighted by Gasteiger charge is 2.09. The highest BCUT2D eigenvalue weighted by Crippen LogP contribution is 2.12. The highest BCUT2D eigenvalue weighted by atomic mass is 16.5. The summed E-state index contributed by atoms with van der Waals surface area (Å²) in [6, 6.07) is 7.87. The van der Waals surface area contributed by atoms with Crippen molar-refractivity contribution in [3.05, 3.63) is 42.5 Å². The topological polar surface area (TPSA) is 60.2 Å². The molecule has 6 heteroatoms. The average molecular weight is 288 g/mol. The van der Waals surface area contributed by atoms with Gasteiger partial charge in [0.25, 0.3) is 0 Å². The molecule has 1 aromatic carbocycles. The van der Waals surface area contributed by atoms with Gasteiger partial charge in [0.05, 0.1) is 13.1 Å². The lowest BCUT2D eigenvalue weighted by Crippen LogP contribution is -2.31. The predicted molar refractivity (Wildman–Crippen MR) is 79.0 cm³/mol. The molecule has 21 heavy (non-hydrogen) atoms. The lowest BCUT2D eigenvalue weighted by Gasteiger charge is -2.17. The van der Waals surface area contributed by atoms with Gasteiger partial charge >= 0.3 is 0 Å². The van der Waals surface area contributed by atoms with Gasteiger partial charge in [0.1, 0.15) is 25.0 Å². The van der Waals surface area contributed by atoms with Crippen LogP contribution in [0.15, 0.2) is 36.9 Å². The third-order valence-electron chi connectivity index (χ3n) is 3.13. The third kappa shape index (κ3) is 4.91. The molecule has 0 N–H and O–H groups in total. The Morgan fingerprint density at radius 1 is 1.43 bits per heavy atom. The number of carbonyl (C=O) groups excluding carboxylic acids is 1. The molecular weight excluding hydrogens is 268 g/mol. The summed E-state index contributed by atoms with van der Waals surface area (Å²) in [4.78, 5) is 17.5. The number of likely N-dealkylation sites (N-methyl/N-ethyl adjacent to an activating group) is 1. The number of aryl methyl sites for hydroxylation is 2. The number of carbonyl (C=O) groups is 1. The Morgan fingerprint density at radius 2 is 2.29 bits per heavy atom. The maximum atomic E-state index is 11.9. The Morgan fingerprint density at radius 3 is 3.00 bits per heavy atom. The Bertz CT molecular complexity index is 569. The molecule has 6 nitrogen and oxygen atoms in total. The van der Waals surface area contributed by atoms with E-state index in [9.17, 15) is 4.79 Å². The van der Waals surface area contributed by atoms with Gasteiger partial charge in [0.2, 0.25) is 5.91 Å². The fourth-order valence-corrected chi connectivity index (χ4v) is 1.88. The van der Waals surface area contributed by atoms with Crippen molar-refractivity contribution in [3.63, 3.8) is 0 Å². The van der Waals surface area contributed by atoms with Crippen LogP contribution in [0.4, 0.5) is 0 Å². The van der Waals surface area contributed by atoms with Gasteiger partial charge in [-0.05, 0) is 24.6 Å². The van der Waals surface area contributed by atoms with Crippen molar-refractivity contribution in [2.24, 2.45) is 0 Å². The summed E-state index contributed by atoms with van der Waals surface area (Å²) in [6.45, 7) is 3.60. The quantitative estimate of drug-likeness (QED) is 0.775. The summed E-state index contributed by atoms with van der Waals surface area (Å²) in [5.74, 6) is 0.900. The SMILES string of the molecule is Cc1cccc(OCCN(C)C(=O)CCn2cncn2)c1. The van der Waals surface area contributed by atoms with Gasteiger partial charge in [-0.3, -0.25) is 9.48 Å². The van der Waals surface area contributed by atoms with Gasteiger partial charge in [-0.1, -0.05) is 12.1 Å². The molecule has 0 atom stereocenters. The molecule has 1 heterocycles. The van der Waals surface area contributed by atoms with E-state index >= 15 is 0 Å². The second kappa shape index (κ2) is 7.42. The van der Waals surface area contributed by atoms with Gasteiger partial charge in [0.15, 0.2) is 0 Å². The van der Waals surface area contributed by atoms with E-state index in [2.05, 4.69) is 10.1 Å². The number of hydrogen-bond donors (Lipinski definition) is 0. The van der Waals surface area contributed by atoms with E-state index in [0.717, 1.165) is 11.3 Å². The van der Waals surface area contributed by atoms with Gasteiger partial charge < -0.3 is 9.64 Å². The summed E-state index contributed by atoms with van der Waals surface area (Å²) >= 11 is 0. The van der Waals surface area contributed by atoms with Gasteiger partial charge in [-0.15, -0.1) is 0 Å². The van der Waals surface area contributed by atoms with Crippen LogP contribution in [0.2, 0.25) is 0 Å². The third-order valence-corrected chi connectivity index (χ3v) is 3.13. The van der Waals surface area contributed by atoms with E-state index in [1.807, 2.05) is 31.2 Å². The van der Waals surface area contributed by atoms with Crippen molar-refractivity contribution in [2.75, 3.05) is 20.2 Å². The number of benzene rings is 1. The van der Waals surface area contributed by atoms with E-state index in [1.165, 1.54) is 6.33 Å².